The summed E-state index contributed by atoms with van der Waals surface area (Å²) >= 11 is 0. The lowest BCUT2D eigenvalue weighted by Crippen LogP contribution is -2.47. The molecule has 2 aliphatic rings. The first-order valence-electron chi connectivity index (χ1n) is 9.19. The van der Waals surface area contributed by atoms with Gasteiger partial charge >= 0.3 is 0 Å². The number of benzene rings is 2. The van der Waals surface area contributed by atoms with Crippen molar-refractivity contribution in [2.24, 2.45) is 0 Å². The van der Waals surface area contributed by atoms with Gasteiger partial charge in [-0.2, -0.15) is 0 Å². The number of rotatable bonds is 4. The minimum absolute atomic E-state index is 0.244. The molecule has 1 saturated heterocycles. The molecule has 0 bridgehead atoms. The average Bonchev–Trinajstić information content (AvgIpc) is 3.02. The number of nitrogens with zero attached hydrogens (tertiary/aromatic N) is 2. The SMILES string of the molecule is CC1Cc2cc(C(O)CN3CCN(c4ccccc4)CC3)ccc2O1. The molecule has 4 heteroatoms. The molecule has 0 spiro atoms. The van der Waals surface area contributed by atoms with E-state index in [-0.39, 0.29) is 6.10 Å². The quantitative estimate of drug-likeness (QED) is 0.930. The number of hydrogen-bond donors (Lipinski definition) is 1. The summed E-state index contributed by atoms with van der Waals surface area (Å²) in [5, 5.41) is 10.7. The molecule has 2 heterocycles. The molecule has 4 rings (SSSR count). The van der Waals surface area contributed by atoms with Crippen LogP contribution in [0.2, 0.25) is 0 Å². The molecule has 0 saturated carbocycles. The number of aliphatic hydroxyl groups excluding tert-OH is 1. The van der Waals surface area contributed by atoms with Gasteiger partial charge in [0, 0.05) is 44.8 Å². The largest absolute Gasteiger partial charge is 0.490 e. The highest BCUT2D eigenvalue weighted by Gasteiger charge is 2.23. The van der Waals surface area contributed by atoms with Crippen molar-refractivity contribution < 1.29 is 9.84 Å². The normalized spacial score (nSPS) is 21.7. The van der Waals surface area contributed by atoms with Crippen molar-refractivity contribution in [2.75, 3.05) is 37.6 Å². The van der Waals surface area contributed by atoms with Gasteiger partial charge in [0.25, 0.3) is 0 Å². The Morgan fingerprint density at radius 2 is 1.84 bits per heavy atom. The first kappa shape index (κ1) is 16.4. The van der Waals surface area contributed by atoms with Gasteiger partial charge < -0.3 is 14.7 Å². The van der Waals surface area contributed by atoms with E-state index < -0.39 is 6.10 Å². The highest BCUT2D eigenvalue weighted by Crippen LogP contribution is 2.31. The Kier molecular flexibility index (Phi) is 4.64. The molecule has 4 nitrogen and oxygen atoms in total. The Bertz CT molecular complexity index is 711. The zero-order valence-corrected chi connectivity index (χ0v) is 14.8. The number of anilines is 1. The number of piperazine rings is 1. The summed E-state index contributed by atoms with van der Waals surface area (Å²) in [6, 6.07) is 16.7. The summed E-state index contributed by atoms with van der Waals surface area (Å²) in [6.07, 6.45) is 0.740. The van der Waals surface area contributed by atoms with E-state index in [2.05, 4.69) is 53.1 Å². The van der Waals surface area contributed by atoms with E-state index in [0.717, 1.165) is 43.9 Å². The van der Waals surface area contributed by atoms with Gasteiger partial charge in [0.15, 0.2) is 0 Å². The topological polar surface area (TPSA) is 35.9 Å². The van der Waals surface area contributed by atoms with Crippen LogP contribution < -0.4 is 9.64 Å². The van der Waals surface area contributed by atoms with Gasteiger partial charge in [-0.15, -0.1) is 0 Å². The molecule has 1 N–H and O–H groups in total. The molecule has 2 unspecified atom stereocenters. The van der Waals surface area contributed by atoms with E-state index >= 15 is 0 Å². The van der Waals surface area contributed by atoms with Gasteiger partial charge in [0.2, 0.25) is 0 Å². The first-order valence-corrected chi connectivity index (χ1v) is 9.19. The third kappa shape index (κ3) is 3.65. The number of β-amino-alcohol motifs (C(OH)–C–C–N with tert-alkyl or cyclic N) is 1. The Hall–Kier alpha value is -2.04. The fourth-order valence-corrected chi connectivity index (χ4v) is 3.83. The minimum atomic E-state index is -0.440. The van der Waals surface area contributed by atoms with Crippen molar-refractivity contribution in [3.05, 3.63) is 59.7 Å². The summed E-state index contributed by atoms with van der Waals surface area (Å²) in [5.41, 5.74) is 3.51. The minimum Gasteiger partial charge on any atom is -0.490 e. The zero-order chi connectivity index (χ0) is 17.2. The van der Waals surface area contributed by atoms with E-state index in [1.54, 1.807) is 0 Å². The van der Waals surface area contributed by atoms with Crippen LogP contribution in [0.4, 0.5) is 5.69 Å². The van der Waals surface area contributed by atoms with Gasteiger partial charge in [-0.25, -0.2) is 0 Å². The van der Waals surface area contributed by atoms with Crippen LogP contribution in [0.15, 0.2) is 48.5 Å². The van der Waals surface area contributed by atoms with Gasteiger partial charge in [0.1, 0.15) is 11.9 Å². The number of hydrogen-bond acceptors (Lipinski definition) is 4. The number of ether oxygens (including phenoxy) is 1. The van der Waals surface area contributed by atoms with Crippen molar-refractivity contribution in [2.45, 2.75) is 25.6 Å². The summed E-state index contributed by atoms with van der Waals surface area (Å²) in [6.45, 7) is 6.76. The fourth-order valence-electron chi connectivity index (χ4n) is 3.83. The predicted molar refractivity (Wildman–Crippen MR) is 100 cm³/mol. The highest BCUT2D eigenvalue weighted by atomic mass is 16.5. The lowest BCUT2D eigenvalue weighted by Gasteiger charge is -2.37. The first-order chi connectivity index (χ1) is 12.2. The second kappa shape index (κ2) is 7.06. The molecule has 2 aromatic rings. The highest BCUT2D eigenvalue weighted by molar-refractivity contribution is 5.46. The zero-order valence-electron chi connectivity index (χ0n) is 14.8. The Morgan fingerprint density at radius 1 is 1.08 bits per heavy atom. The number of fused-ring (bicyclic) bond motifs is 1. The van der Waals surface area contributed by atoms with E-state index in [9.17, 15) is 5.11 Å². The lowest BCUT2D eigenvalue weighted by molar-refractivity contribution is 0.109. The number of aliphatic hydroxyl groups is 1. The van der Waals surface area contributed by atoms with E-state index in [4.69, 9.17) is 4.74 Å². The Labute approximate surface area is 149 Å². The standard InChI is InChI=1S/C21H26N2O2/c1-16-13-18-14-17(7-8-21(18)25-16)20(24)15-22-9-11-23(12-10-22)19-5-3-2-4-6-19/h2-8,14,16,20,24H,9-13,15H2,1H3. The third-order valence-corrected chi connectivity index (χ3v) is 5.23. The second-order valence-electron chi connectivity index (χ2n) is 7.14. The molecule has 2 atom stereocenters. The smallest absolute Gasteiger partial charge is 0.123 e. The van der Waals surface area contributed by atoms with Crippen molar-refractivity contribution in [1.29, 1.82) is 0 Å². The summed E-state index contributed by atoms with van der Waals surface area (Å²) < 4.78 is 5.75. The molecule has 25 heavy (non-hydrogen) atoms. The van der Waals surface area contributed by atoms with Crippen LogP contribution in [0.5, 0.6) is 5.75 Å². The molecular formula is C21H26N2O2. The predicted octanol–water partition coefficient (Wildman–Crippen LogP) is 2.87. The Balaban J connectivity index is 1.33. The fraction of sp³-hybridized carbons (Fsp3) is 0.429. The maximum absolute atomic E-state index is 10.7. The molecule has 2 aliphatic heterocycles. The van der Waals surface area contributed by atoms with Crippen LogP contribution in [0.3, 0.4) is 0 Å². The van der Waals surface area contributed by atoms with E-state index in [1.165, 1.54) is 11.3 Å². The van der Waals surface area contributed by atoms with E-state index in [0.29, 0.717) is 6.54 Å². The van der Waals surface area contributed by atoms with Crippen molar-refractivity contribution in [3.8, 4) is 5.75 Å². The van der Waals surface area contributed by atoms with Crippen LogP contribution in [-0.4, -0.2) is 48.8 Å². The summed E-state index contributed by atoms with van der Waals surface area (Å²) in [4.78, 5) is 4.77. The van der Waals surface area contributed by atoms with Crippen LogP contribution >= 0.6 is 0 Å². The molecule has 0 radical (unpaired) electrons. The van der Waals surface area contributed by atoms with Crippen LogP contribution in [0, 0.1) is 0 Å². The van der Waals surface area contributed by atoms with Gasteiger partial charge in [-0.05, 0) is 42.3 Å². The van der Waals surface area contributed by atoms with E-state index in [1.807, 2.05) is 12.1 Å². The second-order valence-corrected chi connectivity index (χ2v) is 7.14. The lowest BCUT2D eigenvalue weighted by atomic mass is 10.0. The molecule has 1 fully saturated rings. The van der Waals surface area contributed by atoms with Gasteiger partial charge in [-0.3, -0.25) is 4.90 Å². The monoisotopic (exact) mass is 338 g/mol. The molecule has 0 aromatic heterocycles. The van der Waals surface area contributed by atoms with Crippen molar-refractivity contribution >= 4 is 5.69 Å². The maximum Gasteiger partial charge on any atom is 0.123 e. The molecule has 0 aliphatic carbocycles. The van der Waals surface area contributed by atoms with Crippen molar-refractivity contribution in [3.63, 3.8) is 0 Å². The Morgan fingerprint density at radius 3 is 2.60 bits per heavy atom. The maximum atomic E-state index is 10.7. The van der Waals surface area contributed by atoms with Gasteiger partial charge in [0.05, 0.1) is 6.10 Å². The third-order valence-electron chi connectivity index (χ3n) is 5.23. The van der Waals surface area contributed by atoms with Crippen molar-refractivity contribution in [1.82, 2.24) is 4.90 Å². The summed E-state index contributed by atoms with van der Waals surface area (Å²) in [5.74, 6) is 0.972. The molecule has 132 valence electrons. The van der Waals surface area contributed by atoms with Crippen LogP contribution in [0.25, 0.3) is 0 Å². The number of para-hydroxylation sites is 1. The molecule has 2 aromatic carbocycles. The van der Waals surface area contributed by atoms with Gasteiger partial charge in [-0.1, -0.05) is 24.3 Å². The molecular weight excluding hydrogens is 312 g/mol. The van der Waals surface area contributed by atoms with Crippen LogP contribution in [-0.2, 0) is 6.42 Å². The summed E-state index contributed by atoms with van der Waals surface area (Å²) in [7, 11) is 0. The van der Waals surface area contributed by atoms with Crippen LogP contribution in [0.1, 0.15) is 24.2 Å². The average molecular weight is 338 g/mol. The molecule has 0 amide bonds.